The maximum absolute atomic E-state index is 12.4. The number of phenolic OH excluding ortho intramolecular Hbond substituents is 1. The first-order chi connectivity index (χ1) is 9.86. The Morgan fingerprint density at radius 2 is 2.00 bits per heavy atom. The summed E-state index contributed by atoms with van der Waals surface area (Å²) in [6, 6.07) is 5.66. The molecule has 7 heteroatoms. The van der Waals surface area contributed by atoms with E-state index in [0.29, 0.717) is 30.1 Å². The van der Waals surface area contributed by atoms with Crippen LogP contribution in [0.4, 0.5) is 13.2 Å². The van der Waals surface area contributed by atoms with Crippen LogP contribution in [0.1, 0.15) is 16.9 Å². The first-order valence-corrected chi connectivity index (χ1v) is 7.38. The number of phenols is 1. The molecule has 0 spiro atoms. The van der Waals surface area contributed by atoms with E-state index in [4.69, 9.17) is 16.3 Å². The molecule has 0 radical (unpaired) electrons. The van der Waals surface area contributed by atoms with E-state index in [-0.39, 0.29) is 10.8 Å². The molecule has 1 aromatic carbocycles. The van der Waals surface area contributed by atoms with Gasteiger partial charge in [0.25, 0.3) is 0 Å². The Morgan fingerprint density at radius 3 is 2.62 bits per heavy atom. The number of hydrogen-bond donors (Lipinski definition) is 1. The SMILES string of the molecule is Oc1ccc(OCCCc2cc(C(F)(F)F)cs2)cc1Cl. The van der Waals surface area contributed by atoms with E-state index in [2.05, 4.69) is 0 Å². The van der Waals surface area contributed by atoms with Crippen molar-refractivity contribution in [1.82, 2.24) is 0 Å². The molecule has 0 atom stereocenters. The van der Waals surface area contributed by atoms with Crippen molar-refractivity contribution in [2.45, 2.75) is 19.0 Å². The number of hydrogen-bond acceptors (Lipinski definition) is 3. The van der Waals surface area contributed by atoms with Crippen LogP contribution in [0, 0.1) is 0 Å². The normalized spacial score (nSPS) is 11.6. The minimum atomic E-state index is -4.28. The molecule has 2 rings (SSSR count). The number of halogens is 4. The molecular formula is C14H12ClF3O2S. The fraction of sp³-hybridized carbons (Fsp3) is 0.286. The zero-order valence-corrected chi connectivity index (χ0v) is 12.4. The van der Waals surface area contributed by atoms with Crippen molar-refractivity contribution < 1.29 is 23.0 Å². The topological polar surface area (TPSA) is 29.5 Å². The van der Waals surface area contributed by atoms with Crippen molar-refractivity contribution in [3.8, 4) is 11.5 Å². The van der Waals surface area contributed by atoms with Gasteiger partial charge in [-0.3, -0.25) is 0 Å². The van der Waals surface area contributed by atoms with Gasteiger partial charge in [0.15, 0.2) is 0 Å². The summed E-state index contributed by atoms with van der Waals surface area (Å²) in [6.45, 7) is 0.361. The molecule has 0 unspecified atom stereocenters. The van der Waals surface area contributed by atoms with Gasteiger partial charge in [-0.05, 0) is 31.0 Å². The third-order valence-electron chi connectivity index (χ3n) is 2.74. The fourth-order valence-corrected chi connectivity index (χ4v) is 2.78. The van der Waals surface area contributed by atoms with E-state index in [1.165, 1.54) is 18.2 Å². The Kier molecular flexibility index (Phi) is 5.00. The highest BCUT2D eigenvalue weighted by Crippen LogP contribution is 2.33. The van der Waals surface area contributed by atoms with E-state index >= 15 is 0 Å². The standard InChI is InChI=1S/C14H12ClF3O2S/c15-12-7-10(3-4-13(12)19)20-5-1-2-11-6-9(8-21-11)14(16,17)18/h3-4,6-8,19H,1-2,5H2. The maximum Gasteiger partial charge on any atom is 0.417 e. The summed E-state index contributed by atoms with van der Waals surface area (Å²) in [5.41, 5.74) is -0.603. The number of rotatable bonds is 5. The second-order valence-corrected chi connectivity index (χ2v) is 5.77. The molecule has 0 saturated heterocycles. The lowest BCUT2D eigenvalue weighted by Gasteiger charge is -2.06. The largest absolute Gasteiger partial charge is 0.506 e. The van der Waals surface area contributed by atoms with E-state index in [1.54, 1.807) is 6.07 Å². The molecule has 1 N–H and O–H groups in total. The van der Waals surface area contributed by atoms with Crippen LogP contribution < -0.4 is 4.74 Å². The second kappa shape index (κ2) is 6.58. The molecule has 1 heterocycles. The fourth-order valence-electron chi connectivity index (χ4n) is 1.67. The van der Waals surface area contributed by atoms with Gasteiger partial charge in [0.05, 0.1) is 17.2 Å². The molecule has 2 nitrogen and oxygen atoms in total. The van der Waals surface area contributed by atoms with E-state index < -0.39 is 11.7 Å². The van der Waals surface area contributed by atoms with E-state index in [0.717, 1.165) is 16.7 Å². The van der Waals surface area contributed by atoms with Gasteiger partial charge in [0, 0.05) is 16.3 Å². The molecule has 0 saturated carbocycles. The van der Waals surface area contributed by atoms with Gasteiger partial charge >= 0.3 is 6.18 Å². The molecule has 114 valence electrons. The molecule has 0 bridgehead atoms. The minimum absolute atomic E-state index is 0.0257. The number of aryl methyl sites for hydroxylation is 1. The Balaban J connectivity index is 1.79. The quantitative estimate of drug-likeness (QED) is 0.766. The van der Waals surface area contributed by atoms with Crippen molar-refractivity contribution in [2.24, 2.45) is 0 Å². The molecule has 0 aliphatic heterocycles. The van der Waals surface area contributed by atoms with Crippen LogP contribution in [0.5, 0.6) is 11.5 Å². The lowest BCUT2D eigenvalue weighted by molar-refractivity contribution is -0.137. The number of thiophene rings is 1. The van der Waals surface area contributed by atoms with Gasteiger partial charge in [0.1, 0.15) is 11.5 Å². The summed E-state index contributed by atoms with van der Waals surface area (Å²) in [4.78, 5) is 0.676. The van der Waals surface area contributed by atoms with Crippen LogP contribution in [0.25, 0.3) is 0 Å². The van der Waals surface area contributed by atoms with Gasteiger partial charge in [0.2, 0.25) is 0 Å². The van der Waals surface area contributed by atoms with Gasteiger partial charge in [-0.2, -0.15) is 13.2 Å². The highest BCUT2D eigenvalue weighted by atomic mass is 35.5. The van der Waals surface area contributed by atoms with Crippen molar-refractivity contribution in [3.63, 3.8) is 0 Å². The van der Waals surface area contributed by atoms with Crippen molar-refractivity contribution in [1.29, 1.82) is 0 Å². The Labute approximate surface area is 128 Å². The van der Waals surface area contributed by atoms with Crippen molar-refractivity contribution in [3.05, 3.63) is 45.1 Å². The average molecular weight is 337 g/mol. The van der Waals surface area contributed by atoms with Gasteiger partial charge in [-0.1, -0.05) is 11.6 Å². The summed E-state index contributed by atoms with van der Waals surface area (Å²) in [5.74, 6) is 0.488. The summed E-state index contributed by atoms with van der Waals surface area (Å²) >= 11 is 6.83. The zero-order chi connectivity index (χ0) is 15.5. The maximum atomic E-state index is 12.4. The summed E-state index contributed by atoms with van der Waals surface area (Å²) in [5, 5.41) is 10.6. The smallest absolute Gasteiger partial charge is 0.417 e. The van der Waals surface area contributed by atoms with Crippen LogP contribution in [0.15, 0.2) is 29.6 Å². The lowest BCUT2D eigenvalue weighted by Crippen LogP contribution is -2.02. The Hall–Kier alpha value is -1.40. The predicted molar refractivity (Wildman–Crippen MR) is 76.3 cm³/mol. The molecular weight excluding hydrogens is 325 g/mol. The lowest BCUT2D eigenvalue weighted by atomic mass is 10.2. The summed E-state index contributed by atoms with van der Waals surface area (Å²) in [7, 11) is 0. The molecule has 1 aromatic heterocycles. The molecule has 0 amide bonds. The summed E-state index contributed by atoms with van der Waals surface area (Å²) < 4.78 is 42.7. The van der Waals surface area contributed by atoms with Gasteiger partial charge in [-0.15, -0.1) is 11.3 Å². The third-order valence-corrected chi connectivity index (χ3v) is 4.04. The minimum Gasteiger partial charge on any atom is -0.506 e. The summed E-state index contributed by atoms with van der Waals surface area (Å²) in [6.07, 6.45) is -3.17. The highest BCUT2D eigenvalue weighted by Gasteiger charge is 2.31. The first kappa shape index (κ1) is 16.0. The monoisotopic (exact) mass is 336 g/mol. The van der Waals surface area contributed by atoms with Crippen molar-refractivity contribution >= 4 is 22.9 Å². The Morgan fingerprint density at radius 1 is 1.24 bits per heavy atom. The number of ether oxygens (including phenoxy) is 1. The van der Waals surface area contributed by atoms with E-state index in [9.17, 15) is 18.3 Å². The number of alkyl halides is 3. The molecule has 0 fully saturated rings. The molecule has 21 heavy (non-hydrogen) atoms. The van der Waals surface area contributed by atoms with Gasteiger partial charge < -0.3 is 9.84 Å². The number of aromatic hydroxyl groups is 1. The highest BCUT2D eigenvalue weighted by molar-refractivity contribution is 7.10. The second-order valence-electron chi connectivity index (χ2n) is 4.36. The van der Waals surface area contributed by atoms with Crippen LogP contribution in [-0.4, -0.2) is 11.7 Å². The Bertz CT molecular complexity index is 611. The van der Waals surface area contributed by atoms with E-state index in [1.807, 2.05) is 0 Å². The van der Waals surface area contributed by atoms with Crippen LogP contribution in [0.3, 0.4) is 0 Å². The molecule has 0 aliphatic carbocycles. The first-order valence-electron chi connectivity index (χ1n) is 6.12. The van der Waals surface area contributed by atoms with Gasteiger partial charge in [-0.25, -0.2) is 0 Å². The number of benzene rings is 1. The zero-order valence-electron chi connectivity index (χ0n) is 10.8. The average Bonchev–Trinajstić information content (AvgIpc) is 2.87. The van der Waals surface area contributed by atoms with Crippen LogP contribution >= 0.6 is 22.9 Å². The molecule has 0 aliphatic rings. The predicted octanol–water partition coefficient (Wildman–Crippen LogP) is 5.14. The van der Waals surface area contributed by atoms with Crippen molar-refractivity contribution in [2.75, 3.05) is 6.61 Å². The van der Waals surface area contributed by atoms with Crippen LogP contribution in [0.2, 0.25) is 5.02 Å². The third kappa shape index (κ3) is 4.54. The molecule has 2 aromatic rings. The van der Waals surface area contributed by atoms with Crippen LogP contribution in [-0.2, 0) is 12.6 Å².